The maximum atomic E-state index is 13.0. The number of aryl methyl sites for hydroxylation is 1. The smallest absolute Gasteiger partial charge is 0.228 e. The van der Waals surface area contributed by atoms with Gasteiger partial charge in [-0.05, 0) is 78.7 Å². The molecule has 1 heterocycles. The van der Waals surface area contributed by atoms with E-state index in [2.05, 4.69) is 21.7 Å². The first kappa shape index (κ1) is 23.5. The van der Waals surface area contributed by atoms with Gasteiger partial charge in [0.1, 0.15) is 11.6 Å². The highest BCUT2D eigenvalue weighted by atomic mass is 19.1. The number of nitrogens with one attached hydrogen (secondary N) is 2. The number of aliphatic imine (C=N–C) groups is 1. The van der Waals surface area contributed by atoms with Gasteiger partial charge in [0.05, 0.1) is 31.1 Å². The molecule has 35 heavy (non-hydrogen) atoms. The number of benzene rings is 3. The molecule has 2 N–H and O–H groups in total. The molecule has 0 fully saturated rings. The predicted molar refractivity (Wildman–Crippen MR) is 133 cm³/mol. The van der Waals surface area contributed by atoms with Crippen molar-refractivity contribution >= 4 is 23.6 Å². The number of carbonyl (C=O) groups is 1. The number of carbonyl (C=O) groups excluding carboxylic acids is 1. The Morgan fingerprint density at radius 3 is 2.57 bits per heavy atom. The van der Waals surface area contributed by atoms with Crippen molar-refractivity contribution in [1.82, 2.24) is 4.90 Å². The minimum atomic E-state index is -0.322. The van der Waals surface area contributed by atoms with Gasteiger partial charge in [0.2, 0.25) is 11.8 Å². The molecule has 0 radical (unpaired) electrons. The van der Waals surface area contributed by atoms with E-state index in [1.54, 1.807) is 42.7 Å². The van der Waals surface area contributed by atoms with E-state index in [1.807, 2.05) is 36.1 Å². The molecule has 1 aliphatic heterocycles. The molecule has 0 bridgehead atoms. The second kappa shape index (κ2) is 11.0. The lowest BCUT2D eigenvalue weighted by Gasteiger charge is -2.22. The van der Waals surface area contributed by atoms with E-state index in [9.17, 15) is 9.18 Å². The third kappa shape index (κ3) is 6.68. The van der Waals surface area contributed by atoms with Gasteiger partial charge in [-0.1, -0.05) is 12.1 Å². The second-order valence-corrected chi connectivity index (χ2v) is 8.01. The Kier molecular flexibility index (Phi) is 7.38. The zero-order chi connectivity index (χ0) is 24.6. The summed E-state index contributed by atoms with van der Waals surface area (Å²) >= 11 is 0. The van der Waals surface area contributed by atoms with Crippen molar-refractivity contribution in [2.45, 2.75) is 13.3 Å². The maximum Gasteiger partial charge on any atom is 0.228 e. The molecule has 0 unspecified atom stereocenters. The molecule has 0 spiro atoms. The highest BCUT2D eigenvalue weighted by Crippen LogP contribution is 2.21. The molecule has 4 rings (SSSR count). The summed E-state index contributed by atoms with van der Waals surface area (Å²) in [5.74, 6) is 0.648. The minimum Gasteiger partial charge on any atom is -0.439 e. The first-order valence-corrected chi connectivity index (χ1v) is 11.0. The van der Waals surface area contributed by atoms with E-state index in [4.69, 9.17) is 10.00 Å². The molecule has 7 nitrogen and oxygen atoms in total. The van der Waals surface area contributed by atoms with Gasteiger partial charge in [0, 0.05) is 17.9 Å². The van der Waals surface area contributed by atoms with Gasteiger partial charge in [-0.3, -0.25) is 4.79 Å². The quantitative estimate of drug-likeness (QED) is 0.494. The summed E-state index contributed by atoms with van der Waals surface area (Å²) in [6, 6.07) is 20.6. The van der Waals surface area contributed by atoms with Crippen molar-refractivity contribution < 1.29 is 13.9 Å². The van der Waals surface area contributed by atoms with E-state index >= 15 is 0 Å². The molecule has 0 aromatic heterocycles. The topological polar surface area (TPSA) is 89.8 Å². The van der Waals surface area contributed by atoms with Gasteiger partial charge in [-0.15, -0.1) is 0 Å². The average molecular weight is 470 g/mol. The molecule has 1 amide bonds. The van der Waals surface area contributed by atoms with Crippen LogP contribution in [0, 0.1) is 24.1 Å². The van der Waals surface area contributed by atoms with Gasteiger partial charge >= 0.3 is 0 Å². The van der Waals surface area contributed by atoms with Crippen molar-refractivity contribution in [3.8, 4) is 11.8 Å². The Hall–Kier alpha value is -4.64. The number of ether oxygens (including phenoxy) is 1. The van der Waals surface area contributed by atoms with Gasteiger partial charge < -0.3 is 20.3 Å². The van der Waals surface area contributed by atoms with Crippen LogP contribution < -0.4 is 15.4 Å². The number of halogens is 1. The Labute approximate surface area is 203 Å². The summed E-state index contributed by atoms with van der Waals surface area (Å²) in [7, 11) is 0. The van der Waals surface area contributed by atoms with Gasteiger partial charge in [0.15, 0.2) is 0 Å². The third-order valence-electron chi connectivity index (χ3n) is 5.32. The highest BCUT2D eigenvalue weighted by Gasteiger charge is 2.10. The molecular formula is C27H24FN5O2. The van der Waals surface area contributed by atoms with Crippen LogP contribution in [0.3, 0.4) is 0 Å². The number of rotatable bonds is 8. The fourth-order valence-corrected chi connectivity index (χ4v) is 3.41. The van der Waals surface area contributed by atoms with Gasteiger partial charge in [-0.25, -0.2) is 9.38 Å². The average Bonchev–Trinajstić information content (AvgIpc) is 2.87. The lowest BCUT2D eigenvalue weighted by molar-refractivity contribution is -0.115. The summed E-state index contributed by atoms with van der Waals surface area (Å²) in [4.78, 5) is 18.7. The summed E-state index contributed by atoms with van der Waals surface area (Å²) in [5.41, 5.74) is 3.90. The molecule has 3 aromatic rings. The van der Waals surface area contributed by atoms with Gasteiger partial charge in [0.25, 0.3) is 0 Å². The van der Waals surface area contributed by atoms with Crippen LogP contribution in [-0.2, 0) is 11.2 Å². The first-order chi connectivity index (χ1) is 17.0. The van der Waals surface area contributed by atoms with Crippen LogP contribution >= 0.6 is 0 Å². The number of hydrogen-bond acceptors (Lipinski definition) is 6. The molecular weight excluding hydrogens is 445 g/mol. The van der Waals surface area contributed by atoms with Crippen LogP contribution in [0.1, 0.15) is 16.7 Å². The highest BCUT2D eigenvalue weighted by molar-refractivity contribution is 5.93. The van der Waals surface area contributed by atoms with Crippen LogP contribution in [-0.4, -0.2) is 30.4 Å². The lowest BCUT2D eigenvalue weighted by atomic mass is 10.1. The summed E-state index contributed by atoms with van der Waals surface area (Å²) in [5, 5.41) is 15.1. The standard InChI is InChI=1S/C27H24FN5O2/c1-19-14-23(8-11-25(19)32-26(34)15-20-2-6-22(28)7-3-20)30-17-33-13-12-27(31-18-33)35-24-9-4-21(16-29)5-10-24/h2-12,14,18,30H,13,15,17H2,1H3,(H,32,34). The molecule has 0 saturated heterocycles. The Bertz CT molecular complexity index is 1290. The molecule has 1 aliphatic rings. The predicted octanol–water partition coefficient (Wildman–Crippen LogP) is 4.82. The third-order valence-corrected chi connectivity index (χ3v) is 5.32. The van der Waals surface area contributed by atoms with E-state index in [1.165, 1.54) is 12.1 Å². The van der Waals surface area contributed by atoms with E-state index in [-0.39, 0.29) is 18.1 Å². The normalized spacial score (nSPS) is 12.5. The Morgan fingerprint density at radius 2 is 1.91 bits per heavy atom. The molecule has 0 aliphatic carbocycles. The minimum absolute atomic E-state index is 0.157. The van der Waals surface area contributed by atoms with E-state index in [0.717, 1.165) is 22.5 Å². The fraction of sp³-hybridized carbons (Fsp3) is 0.148. The number of anilines is 2. The van der Waals surface area contributed by atoms with Crippen LogP contribution in [0.2, 0.25) is 0 Å². The van der Waals surface area contributed by atoms with E-state index in [0.29, 0.717) is 30.4 Å². The zero-order valence-corrected chi connectivity index (χ0v) is 19.2. The molecule has 0 atom stereocenters. The van der Waals surface area contributed by atoms with E-state index < -0.39 is 0 Å². The van der Waals surface area contributed by atoms with Crippen molar-refractivity contribution in [3.05, 3.63) is 101 Å². The lowest BCUT2D eigenvalue weighted by Crippen LogP contribution is -2.30. The largest absolute Gasteiger partial charge is 0.439 e. The van der Waals surface area contributed by atoms with Crippen molar-refractivity contribution in [2.75, 3.05) is 23.8 Å². The van der Waals surface area contributed by atoms with Crippen molar-refractivity contribution in [2.24, 2.45) is 4.99 Å². The number of nitriles is 1. The summed E-state index contributed by atoms with van der Waals surface area (Å²) < 4.78 is 18.8. The monoisotopic (exact) mass is 469 g/mol. The summed E-state index contributed by atoms with van der Waals surface area (Å²) in [6.45, 7) is 3.09. The Morgan fingerprint density at radius 1 is 1.14 bits per heavy atom. The van der Waals surface area contributed by atoms with Gasteiger partial charge in [-0.2, -0.15) is 5.26 Å². The van der Waals surface area contributed by atoms with Crippen LogP contribution in [0.4, 0.5) is 15.8 Å². The van der Waals surface area contributed by atoms with Crippen molar-refractivity contribution in [1.29, 1.82) is 5.26 Å². The van der Waals surface area contributed by atoms with Crippen LogP contribution in [0.25, 0.3) is 0 Å². The fourth-order valence-electron chi connectivity index (χ4n) is 3.41. The Balaban J connectivity index is 1.24. The maximum absolute atomic E-state index is 13.0. The van der Waals surface area contributed by atoms with Crippen LogP contribution in [0.15, 0.2) is 83.7 Å². The number of amides is 1. The molecule has 0 saturated carbocycles. The number of hydrogen-bond donors (Lipinski definition) is 2. The molecule has 3 aromatic carbocycles. The first-order valence-electron chi connectivity index (χ1n) is 11.0. The summed E-state index contributed by atoms with van der Waals surface area (Å²) in [6.07, 6.45) is 3.77. The van der Waals surface area contributed by atoms with Crippen LogP contribution in [0.5, 0.6) is 5.75 Å². The second-order valence-electron chi connectivity index (χ2n) is 8.01. The molecule has 176 valence electrons. The van der Waals surface area contributed by atoms with Crippen molar-refractivity contribution in [3.63, 3.8) is 0 Å². The zero-order valence-electron chi connectivity index (χ0n) is 19.2. The number of nitrogens with zero attached hydrogens (tertiary/aromatic N) is 3. The molecule has 8 heteroatoms. The SMILES string of the molecule is Cc1cc(NCN2C=NC(Oc3ccc(C#N)cc3)=CC2)ccc1NC(=O)Cc1ccc(F)cc1.